The number of anilines is 2. The van der Waals surface area contributed by atoms with Gasteiger partial charge in [-0.05, 0) is 37.1 Å². The van der Waals surface area contributed by atoms with Crippen molar-refractivity contribution in [2.24, 2.45) is 0 Å². The highest BCUT2D eigenvalue weighted by Crippen LogP contribution is 2.32. The number of pyridine rings is 1. The Morgan fingerprint density at radius 2 is 1.92 bits per heavy atom. The molecule has 2 aromatic carbocycles. The zero-order valence-electron chi connectivity index (χ0n) is 14.5. The summed E-state index contributed by atoms with van der Waals surface area (Å²) >= 11 is 0. The molecule has 0 saturated carbocycles. The molecule has 26 heavy (non-hydrogen) atoms. The van der Waals surface area contributed by atoms with Gasteiger partial charge in [0.05, 0.1) is 11.2 Å². The Morgan fingerprint density at radius 3 is 2.81 bits per heavy atom. The predicted molar refractivity (Wildman–Crippen MR) is 102 cm³/mol. The number of nitrogens with one attached hydrogen (secondary N) is 1. The number of fused-ring (bicyclic) bond motifs is 2. The van der Waals surface area contributed by atoms with Crippen LogP contribution in [0.4, 0.5) is 11.4 Å². The minimum Gasteiger partial charge on any atom is -0.324 e. The van der Waals surface area contributed by atoms with Crippen molar-refractivity contribution in [1.82, 2.24) is 4.98 Å². The Labute approximate surface area is 151 Å². The predicted octanol–water partition coefficient (Wildman–Crippen LogP) is 3.54. The Kier molecular flexibility index (Phi) is 4.13. The van der Waals surface area contributed by atoms with Crippen LogP contribution in [0.3, 0.4) is 0 Å². The molecule has 1 aliphatic rings. The maximum absolute atomic E-state index is 12.7. The van der Waals surface area contributed by atoms with E-state index in [2.05, 4.69) is 10.3 Å². The number of carbonyl (C=O) groups is 2. The standard InChI is InChI=1S/C21H19N3O2/c1-14-12-16-6-2-3-10-18(16)24(14)20(26)13-19(25)23-17-9-4-7-15-8-5-11-22-21(15)17/h2-11,14H,12-13H2,1H3,(H,23,25). The summed E-state index contributed by atoms with van der Waals surface area (Å²) in [6.45, 7) is 2.00. The van der Waals surface area contributed by atoms with Crippen LogP contribution in [-0.4, -0.2) is 22.8 Å². The maximum atomic E-state index is 12.7. The quantitative estimate of drug-likeness (QED) is 0.739. The van der Waals surface area contributed by atoms with E-state index >= 15 is 0 Å². The van der Waals surface area contributed by atoms with Crippen molar-refractivity contribution in [3.05, 3.63) is 66.4 Å². The monoisotopic (exact) mass is 345 g/mol. The lowest BCUT2D eigenvalue weighted by Crippen LogP contribution is -2.37. The summed E-state index contributed by atoms with van der Waals surface area (Å²) < 4.78 is 0. The van der Waals surface area contributed by atoms with Gasteiger partial charge >= 0.3 is 0 Å². The van der Waals surface area contributed by atoms with Crippen LogP contribution in [-0.2, 0) is 16.0 Å². The third-order valence-electron chi connectivity index (χ3n) is 4.69. The van der Waals surface area contributed by atoms with Crippen LogP contribution in [0.25, 0.3) is 10.9 Å². The first kappa shape index (κ1) is 16.3. The molecule has 5 nitrogen and oxygen atoms in total. The minimum atomic E-state index is -0.329. The zero-order valence-corrected chi connectivity index (χ0v) is 14.5. The molecule has 1 atom stereocenters. The lowest BCUT2D eigenvalue weighted by molar-refractivity contribution is -0.125. The van der Waals surface area contributed by atoms with E-state index in [0.29, 0.717) is 5.69 Å². The van der Waals surface area contributed by atoms with E-state index < -0.39 is 0 Å². The van der Waals surface area contributed by atoms with Crippen LogP contribution in [0.1, 0.15) is 18.9 Å². The third-order valence-corrected chi connectivity index (χ3v) is 4.69. The first-order valence-electron chi connectivity index (χ1n) is 8.67. The van der Waals surface area contributed by atoms with Gasteiger partial charge in [0.1, 0.15) is 6.42 Å². The first-order valence-corrected chi connectivity index (χ1v) is 8.67. The maximum Gasteiger partial charge on any atom is 0.236 e. The van der Waals surface area contributed by atoms with Gasteiger partial charge in [-0.15, -0.1) is 0 Å². The number of hydrogen-bond donors (Lipinski definition) is 1. The van der Waals surface area contributed by atoms with Crippen molar-refractivity contribution < 1.29 is 9.59 Å². The van der Waals surface area contributed by atoms with E-state index in [1.165, 1.54) is 0 Å². The number of rotatable bonds is 3. The molecule has 1 aliphatic heterocycles. The van der Waals surface area contributed by atoms with Gasteiger partial charge in [0.25, 0.3) is 0 Å². The second-order valence-corrected chi connectivity index (χ2v) is 6.55. The fraction of sp³-hybridized carbons (Fsp3) is 0.190. The van der Waals surface area contributed by atoms with E-state index in [-0.39, 0.29) is 24.3 Å². The highest BCUT2D eigenvalue weighted by molar-refractivity contribution is 6.11. The molecule has 0 fully saturated rings. The Morgan fingerprint density at radius 1 is 1.12 bits per heavy atom. The van der Waals surface area contributed by atoms with E-state index in [1.54, 1.807) is 17.2 Å². The molecule has 2 heterocycles. The first-order chi connectivity index (χ1) is 12.6. The van der Waals surface area contributed by atoms with Gasteiger partial charge in [-0.1, -0.05) is 36.4 Å². The molecule has 4 rings (SSSR count). The molecule has 1 aromatic heterocycles. The molecule has 0 aliphatic carbocycles. The minimum absolute atomic E-state index is 0.0620. The lowest BCUT2D eigenvalue weighted by atomic mass is 10.1. The molecule has 0 spiro atoms. The fourth-order valence-corrected chi connectivity index (χ4v) is 3.57. The SMILES string of the molecule is CC1Cc2ccccc2N1C(=O)CC(=O)Nc1cccc2cccnc12. The molecule has 1 unspecified atom stereocenters. The number of benzene rings is 2. The van der Waals surface area contributed by atoms with Gasteiger partial charge in [0.15, 0.2) is 0 Å². The van der Waals surface area contributed by atoms with Crippen LogP contribution >= 0.6 is 0 Å². The summed E-state index contributed by atoms with van der Waals surface area (Å²) in [5, 5.41) is 3.77. The second kappa shape index (κ2) is 6.59. The number of aromatic nitrogens is 1. The van der Waals surface area contributed by atoms with Gasteiger partial charge in [0.2, 0.25) is 11.8 Å². The van der Waals surface area contributed by atoms with E-state index in [0.717, 1.165) is 28.6 Å². The van der Waals surface area contributed by atoms with Gasteiger partial charge in [-0.3, -0.25) is 14.6 Å². The number of para-hydroxylation sites is 2. The van der Waals surface area contributed by atoms with Crippen LogP contribution in [0.5, 0.6) is 0 Å². The lowest BCUT2D eigenvalue weighted by Gasteiger charge is -2.22. The third kappa shape index (κ3) is 2.92. The summed E-state index contributed by atoms with van der Waals surface area (Å²) in [5.74, 6) is -0.516. The molecular formula is C21H19N3O2. The van der Waals surface area contributed by atoms with Crippen molar-refractivity contribution in [2.45, 2.75) is 25.8 Å². The zero-order chi connectivity index (χ0) is 18.1. The smallest absolute Gasteiger partial charge is 0.236 e. The van der Waals surface area contributed by atoms with Crippen LogP contribution in [0.15, 0.2) is 60.8 Å². The van der Waals surface area contributed by atoms with Crippen molar-refractivity contribution >= 4 is 34.1 Å². The largest absolute Gasteiger partial charge is 0.324 e. The normalized spacial score (nSPS) is 15.7. The van der Waals surface area contributed by atoms with Gasteiger partial charge in [0, 0.05) is 23.3 Å². The Hall–Kier alpha value is -3.21. The molecule has 0 radical (unpaired) electrons. The van der Waals surface area contributed by atoms with Crippen molar-refractivity contribution in [2.75, 3.05) is 10.2 Å². The number of nitrogens with zero attached hydrogens (tertiary/aromatic N) is 2. The molecule has 2 amide bonds. The van der Waals surface area contributed by atoms with Crippen molar-refractivity contribution in [3.63, 3.8) is 0 Å². The van der Waals surface area contributed by atoms with Crippen molar-refractivity contribution in [1.29, 1.82) is 0 Å². The molecule has 1 N–H and O–H groups in total. The molecule has 130 valence electrons. The Balaban J connectivity index is 1.51. The van der Waals surface area contributed by atoms with E-state index in [4.69, 9.17) is 0 Å². The van der Waals surface area contributed by atoms with E-state index in [1.807, 2.05) is 55.5 Å². The number of carbonyl (C=O) groups excluding carboxylic acids is 2. The topological polar surface area (TPSA) is 62.3 Å². The summed E-state index contributed by atoms with van der Waals surface area (Å²) in [7, 11) is 0. The number of hydrogen-bond acceptors (Lipinski definition) is 3. The fourth-order valence-electron chi connectivity index (χ4n) is 3.57. The van der Waals surface area contributed by atoms with Crippen LogP contribution in [0.2, 0.25) is 0 Å². The number of amides is 2. The van der Waals surface area contributed by atoms with Gasteiger partial charge in [-0.25, -0.2) is 0 Å². The summed E-state index contributed by atoms with van der Waals surface area (Å²) in [6.07, 6.45) is 2.31. The highest BCUT2D eigenvalue weighted by Gasteiger charge is 2.31. The molecule has 0 saturated heterocycles. The summed E-state index contributed by atoms with van der Waals surface area (Å²) in [5.41, 5.74) is 3.39. The molecule has 5 heteroatoms. The average molecular weight is 345 g/mol. The van der Waals surface area contributed by atoms with Crippen LogP contribution < -0.4 is 10.2 Å². The molecule has 3 aromatic rings. The van der Waals surface area contributed by atoms with Gasteiger partial charge < -0.3 is 10.2 Å². The Bertz CT molecular complexity index is 994. The highest BCUT2D eigenvalue weighted by atomic mass is 16.2. The van der Waals surface area contributed by atoms with E-state index in [9.17, 15) is 9.59 Å². The van der Waals surface area contributed by atoms with Crippen molar-refractivity contribution in [3.8, 4) is 0 Å². The summed E-state index contributed by atoms with van der Waals surface area (Å²) in [6, 6.07) is 17.3. The van der Waals surface area contributed by atoms with Gasteiger partial charge in [-0.2, -0.15) is 0 Å². The molecule has 0 bridgehead atoms. The second-order valence-electron chi connectivity index (χ2n) is 6.55. The average Bonchev–Trinajstić information content (AvgIpc) is 2.97. The molecular weight excluding hydrogens is 326 g/mol. The summed E-state index contributed by atoms with van der Waals surface area (Å²) in [4.78, 5) is 31.2. The van der Waals surface area contributed by atoms with Crippen LogP contribution in [0, 0.1) is 0 Å².